The predicted molar refractivity (Wildman–Crippen MR) is 116 cm³/mol. The molecule has 3 rings (SSSR count). The van der Waals surface area contributed by atoms with Crippen molar-refractivity contribution in [3.8, 4) is 22.8 Å². The van der Waals surface area contributed by atoms with Gasteiger partial charge < -0.3 is 9.47 Å². The SMILES string of the molecule is COc1ccc(-c2csc(=NC(C)C)n2N=C(C)c2ccc(F)cc2)c(OC)c1. The Morgan fingerprint density at radius 2 is 1.79 bits per heavy atom. The summed E-state index contributed by atoms with van der Waals surface area (Å²) in [6.07, 6.45) is 0. The monoisotopic (exact) mass is 413 g/mol. The van der Waals surface area contributed by atoms with Crippen LogP contribution in [0.25, 0.3) is 11.3 Å². The van der Waals surface area contributed by atoms with Crippen LogP contribution < -0.4 is 14.3 Å². The fourth-order valence-corrected chi connectivity index (χ4v) is 3.76. The number of hydrogen-bond acceptors (Lipinski definition) is 5. The molecule has 0 aliphatic heterocycles. The number of halogens is 1. The van der Waals surface area contributed by atoms with Gasteiger partial charge in [0.15, 0.2) is 0 Å². The van der Waals surface area contributed by atoms with Crippen LogP contribution in [-0.4, -0.2) is 30.6 Å². The molecule has 0 saturated heterocycles. The second-order valence-corrected chi connectivity index (χ2v) is 7.53. The first-order chi connectivity index (χ1) is 13.9. The number of nitrogens with zero attached hydrogens (tertiary/aromatic N) is 3. The van der Waals surface area contributed by atoms with E-state index in [9.17, 15) is 4.39 Å². The Hall–Kier alpha value is -2.93. The zero-order valence-corrected chi connectivity index (χ0v) is 18.0. The molecule has 0 amide bonds. The number of rotatable bonds is 6. The lowest BCUT2D eigenvalue weighted by Gasteiger charge is -2.12. The van der Waals surface area contributed by atoms with Gasteiger partial charge in [-0.05, 0) is 50.6 Å². The van der Waals surface area contributed by atoms with Crippen molar-refractivity contribution >= 4 is 17.0 Å². The number of ether oxygens (including phenoxy) is 2. The fraction of sp³-hybridized carbons (Fsp3) is 0.273. The average molecular weight is 414 g/mol. The maximum atomic E-state index is 13.3. The summed E-state index contributed by atoms with van der Waals surface area (Å²) in [7, 11) is 3.25. The highest BCUT2D eigenvalue weighted by Crippen LogP contribution is 2.33. The van der Waals surface area contributed by atoms with Crippen LogP contribution in [0.3, 0.4) is 0 Å². The third-order valence-electron chi connectivity index (χ3n) is 4.25. The van der Waals surface area contributed by atoms with Gasteiger partial charge in [0.25, 0.3) is 0 Å². The van der Waals surface area contributed by atoms with Crippen molar-refractivity contribution in [3.63, 3.8) is 0 Å². The molecule has 0 aliphatic carbocycles. The summed E-state index contributed by atoms with van der Waals surface area (Å²) in [6.45, 7) is 5.94. The van der Waals surface area contributed by atoms with Gasteiger partial charge in [-0.15, -0.1) is 11.3 Å². The number of thiazole rings is 1. The highest BCUT2D eigenvalue weighted by molar-refractivity contribution is 7.07. The standard InChI is InChI=1S/C22H24FN3O2S/c1-14(2)24-22-26(25-15(3)16-6-8-17(23)9-7-16)20(13-29-22)19-11-10-18(27-4)12-21(19)28-5/h6-14H,1-5H3. The smallest absolute Gasteiger partial charge is 0.206 e. The topological polar surface area (TPSA) is 48.1 Å². The van der Waals surface area contributed by atoms with Crippen LogP contribution in [0.4, 0.5) is 4.39 Å². The van der Waals surface area contributed by atoms with Gasteiger partial charge in [0, 0.05) is 23.1 Å². The molecule has 0 aliphatic rings. The van der Waals surface area contributed by atoms with Crippen LogP contribution in [0.1, 0.15) is 26.3 Å². The molecule has 0 radical (unpaired) electrons. The van der Waals surface area contributed by atoms with Gasteiger partial charge in [0.05, 0.1) is 25.6 Å². The van der Waals surface area contributed by atoms with Gasteiger partial charge in [0.1, 0.15) is 17.3 Å². The zero-order valence-electron chi connectivity index (χ0n) is 17.1. The highest BCUT2D eigenvalue weighted by atomic mass is 32.1. The van der Waals surface area contributed by atoms with Gasteiger partial charge in [0.2, 0.25) is 4.80 Å². The molecule has 0 bridgehead atoms. The molecular formula is C22H24FN3O2S. The largest absolute Gasteiger partial charge is 0.497 e. The molecule has 0 atom stereocenters. The van der Waals surface area contributed by atoms with E-state index in [1.165, 1.54) is 23.5 Å². The van der Waals surface area contributed by atoms with Crippen LogP contribution in [0, 0.1) is 5.82 Å². The Kier molecular flexibility index (Phi) is 6.49. The number of hydrogen-bond donors (Lipinski definition) is 0. The third kappa shape index (κ3) is 4.74. The van der Waals surface area contributed by atoms with Crippen molar-refractivity contribution in [1.82, 2.24) is 4.68 Å². The molecule has 0 saturated carbocycles. The van der Waals surface area contributed by atoms with Crippen molar-refractivity contribution in [2.75, 3.05) is 14.2 Å². The van der Waals surface area contributed by atoms with Crippen molar-refractivity contribution in [2.24, 2.45) is 10.1 Å². The molecule has 1 heterocycles. The zero-order chi connectivity index (χ0) is 21.0. The average Bonchev–Trinajstić information content (AvgIpc) is 3.09. The number of benzene rings is 2. The summed E-state index contributed by atoms with van der Waals surface area (Å²) < 4.78 is 26.0. The van der Waals surface area contributed by atoms with Crippen LogP contribution in [0.15, 0.2) is 57.9 Å². The van der Waals surface area contributed by atoms with E-state index < -0.39 is 0 Å². The summed E-state index contributed by atoms with van der Waals surface area (Å²) in [6, 6.07) is 12.1. The molecule has 7 heteroatoms. The van der Waals surface area contributed by atoms with E-state index in [4.69, 9.17) is 19.6 Å². The summed E-state index contributed by atoms with van der Waals surface area (Å²) in [4.78, 5) is 5.48. The molecule has 0 unspecified atom stereocenters. The molecule has 152 valence electrons. The third-order valence-corrected chi connectivity index (χ3v) is 5.08. The summed E-state index contributed by atoms with van der Waals surface area (Å²) in [5.74, 6) is 1.12. The molecule has 2 aromatic carbocycles. The second kappa shape index (κ2) is 9.05. The fourth-order valence-electron chi connectivity index (χ4n) is 2.80. The maximum Gasteiger partial charge on any atom is 0.206 e. The van der Waals surface area contributed by atoms with Gasteiger partial charge in [-0.3, -0.25) is 4.99 Å². The summed E-state index contributed by atoms with van der Waals surface area (Å²) in [5, 5.41) is 6.81. The van der Waals surface area contributed by atoms with E-state index in [-0.39, 0.29) is 11.9 Å². The molecular weight excluding hydrogens is 389 g/mol. The second-order valence-electron chi connectivity index (χ2n) is 6.70. The Morgan fingerprint density at radius 3 is 2.41 bits per heavy atom. The summed E-state index contributed by atoms with van der Waals surface area (Å²) in [5.41, 5.74) is 3.33. The van der Waals surface area contributed by atoms with Gasteiger partial charge in [-0.2, -0.15) is 5.10 Å². The van der Waals surface area contributed by atoms with Gasteiger partial charge >= 0.3 is 0 Å². The molecule has 29 heavy (non-hydrogen) atoms. The number of methoxy groups -OCH3 is 2. The van der Waals surface area contributed by atoms with Crippen LogP contribution in [0.2, 0.25) is 0 Å². The lowest BCUT2D eigenvalue weighted by molar-refractivity contribution is 0.395. The lowest BCUT2D eigenvalue weighted by atomic mass is 10.1. The van der Waals surface area contributed by atoms with E-state index in [0.29, 0.717) is 11.5 Å². The molecule has 5 nitrogen and oxygen atoms in total. The minimum atomic E-state index is -0.274. The Labute approximate surface area is 173 Å². The number of aromatic nitrogens is 1. The highest BCUT2D eigenvalue weighted by Gasteiger charge is 2.14. The minimum absolute atomic E-state index is 0.117. The molecule has 0 N–H and O–H groups in total. The van der Waals surface area contributed by atoms with E-state index in [1.807, 2.05) is 49.0 Å². The minimum Gasteiger partial charge on any atom is -0.497 e. The van der Waals surface area contributed by atoms with E-state index >= 15 is 0 Å². The first-order valence-electron chi connectivity index (χ1n) is 9.21. The molecule has 3 aromatic rings. The first-order valence-corrected chi connectivity index (χ1v) is 10.1. The quantitative estimate of drug-likeness (QED) is 0.537. The normalized spacial score (nSPS) is 12.5. The van der Waals surface area contributed by atoms with Crippen LogP contribution >= 0.6 is 11.3 Å². The van der Waals surface area contributed by atoms with E-state index in [0.717, 1.165) is 27.3 Å². The van der Waals surface area contributed by atoms with Crippen molar-refractivity contribution in [1.29, 1.82) is 0 Å². The Balaban J connectivity index is 2.19. The maximum absolute atomic E-state index is 13.3. The van der Waals surface area contributed by atoms with Crippen molar-refractivity contribution in [3.05, 3.63) is 64.0 Å². The van der Waals surface area contributed by atoms with Crippen molar-refractivity contribution < 1.29 is 13.9 Å². The molecule has 0 spiro atoms. The van der Waals surface area contributed by atoms with Gasteiger partial charge in [-0.1, -0.05) is 12.1 Å². The Bertz CT molecular complexity index is 1080. The van der Waals surface area contributed by atoms with Crippen LogP contribution in [0.5, 0.6) is 11.5 Å². The van der Waals surface area contributed by atoms with Crippen LogP contribution in [-0.2, 0) is 0 Å². The van der Waals surface area contributed by atoms with Gasteiger partial charge in [-0.25, -0.2) is 9.07 Å². The molecule has 0 fully saturated rings. The Morgan fingerprint density at radius 1 is 1.07 bits per heavy atom. The van der Waals surface area contributed by atoms with E-state index in [1.54, 1.807) is 26.4 Å². The van der Waals surface area contributed by atoms with Crippen molar-refractivity contribution in [2.45, 2.75) is 26.8 Å². The summed E-state index contributed by atoms with van der Waals surface area (Å²) >= 11 is 1.51. The lowest BCUT2D eigenvalue weighted by Crippen LogP contribution is -2.16. The predicted octanol–water partition coefficient (Wildman–Crippen LogP) is 4.95. The molecule has 1 aromatic heterocycles. The van der Waals surface area contributed by atoms with E-state index in [2.05, 4.69) is 0 Å². The first kappa shape index (κ1) is 20.8.